The molecular formula is C6H4F2N3O2-. The smallest absolute Gasteiger partial charge is 0.228 e. The van der Waals surface area contributed by atoms with Crippen LogP contribution in [0.3, 0.4) is 0 Å². The highest BCUT2D eigenvalue weighted by atomic mass is 19.1. The standard InChI is InChI=1S/C6H5F2N3O2/c7-3-1-4(8)11-6(10-3)9-2-5(12)13/h1H,2H2,(H,12,13)(H,9,10,11)/p-1. The van der Waals surface area contributed by atoms with Gasteiger partial charge in [-0.15, -0.1) is 0 Å². The van der Waals surface area contributed by atoms with Gasteiger partial charge in [-0.1, -0.05) is 0 Å². The van der Waals surface area contributed by atoms with Gasteiger partial charge in [0.25, 0.3) is 0 Å². The van der Waals surface area contributed by atoms with E-state index in [0.717, 1.165) is 0 Å². The molecule has 0 amide bonds. The first-order valence-corrected chi connectivity index (χ1v) is 3.22. The van der Waals surface area contributed by atoms with Crippen LogP contribution in [0.5, 0.6) is 0 Å². The summed E-state index contributed by atoms with van der Waals surface area (Å²) in [7, 11) is 0. The van der Waals surface area contributed by atoms with Gasteiger partial charge in [0, 0.05) is 6.07 Å². The molecule has 0 spiro atoms. The number of carbonyl (C=O) groups excluding carboxylic acids is 1. The summed E-state index contributed by atoms with van der Waals surface area (Å²) in [5, 5.41) is 12.0. The number of nitrogens with one attached hydrogen (secondary N) is 1. The lowest BCUT2D eigenvalue weighted by molar-refractivity contribution is -0.302. The van der Waals surface area contributed by atoms with Crippen LogP contribution in [0.4, 0.5) is 14.7 Å². The van der Waals surface area contributed by atoms with Crippen molar-refractivity contribution in [3.8, 4) is 0 Å². The Labute approximate surface area is 71.4 Å². The van der Waals surface area contributed by atoms with Gasteiger partial charge in [-0.05, 0) is 0 Å². The molecule has 1 aromatic rings. The Morgan fingerprint density at radius 1 is 1.46 bits per heavy atom. The molecule has 0 bridgehead atoms. The number of rotatable bonds is 3. The van der Waals surface area contributed by atoms with Gasteiger partial charge in [-0.25, -0.2) is 0 Å². The number of aromatic nitrogens is 2. The van der Waals surface area contributed by atoms with E-state index in [-0.39, 0.29) is 0 Å². The van der Waals surface area contributed by atoms with Crippen molar-refractivity contribution >= 4 is 11.9 Å². The Balaban J connectivity index is 2.71. The molecule has 0 atom stereocenters. The normalized spacial score (nSPS) is 9.69. The van der Waals surface area contributed by atoms with Crippen molar-refractivity contribution in [1.82, 2.24) is 9.97 Å². The second-order valence-electron chi connectivity index (χ2n) is 2.06. The first kappa shape index (κ1) is 9.30. The predicted molar refractivity (Wildman–Crippen MR) is 35.4 cm³/mol. The van der Waals surface area contributed by atoms with Crippen molar-refractivity contribution in [3.63, 3.8) is 0 Å². The van der Waals surface area contributed by atoms with Crippen molar-refractivity contribution in [2.24, 2.45) is 0 Å². The van der Waals surface area contributed by atoms with Gasteiger partial charge in [0.1, 0.15) is 0 Å². The molecule has 1 N–H and O–H groups in total. The molecule has 0 aromatic carbocycles. The van der Waals surface area contributed by atoms with Crippen LogP contribution in [-0.2, 0) is 4.79 Å². The molecule has 1 heterocycles. The quantitative estimate of drug-likeness (QED) is 0.610. The van der Waals surface area contributed by atoms with Crippen LogP contribution in [0, 0.1) is 11.9 Å². The molecular weight excluding hydrogens is 184 g/mol. The number of carbonyl (C=O) groups is 1. The van der Waals surface area contributed by atoms with E-state index < -0.39 is 30.4 Å². The Hall–Kier alpha value is -1.79. The number of halogens is 2. The van der Waals surface area contributed by atoms with E-state index in [0.29, 0.717) is 6.07 Å². The minimum atomic E-state index is -1.42. The third-order valence-corrected chi connectivity index (χ3v) is 1.05. The van der Waals surface area contributed by atoms with Crippen molar-refractivity contribution in [1.29, 1.82) is 0 Å². The lowest BCUT2D eigenvalue weighted by Gasteiger charge is -2.04. The lowest BCUT2D eigenvalue weighted by Crippen LogP contribution is -2.30. The topological polar surface area (TPSA) is 77.9 Å². The van der Waals surface area contributed by atoms with E-state index in [2.05, 4.69) is 15.3 Å². The summed E-state index contributed by atoms with van der Waals surface area (Å²) < 4.78 is 24.7. The zero-order valence-electron chi connectivity index (χ0n) is 6.25. The number of hydrogen-bond donors (Lipinski definition) is 1. The van der Waals surface area contributed by atoms with Crippen LogP contribution in [0.2, 0.25) is 0 Å². The van der Waals surface area contributed by atoms with Crippen molar-refractivity contribution in [3.05, 3.63) is 18.0 Å². The summed E-state index contributed by atoms with van der Waals surface area (Å²) >= 11 is 0. The van der Waals surface area contributed by atoms with Gasteiger partial charge in [-0.3, -0.25) is 0 Å². The number of nitrogens with zero attached hydrogens (tertiary/aromatic N) is 2. The van der Waals surface area contributed by atoms with E-state index in [1.165, 1.54) is 0 Å². The highest BCUT2D eigenvalue weighted by Crippen LogP contribution is 2.01. The molecule has 0 aliphatic rings. The largest absolute Gasteiger partial charge is 0.548 e. The minimum Gasteiger partial charge on any atom is -0.548 e. The molecule has 0 aliphatic heterocycles. The van der Waals surface area contributed by atoms with Crippen LogP contribution in [-0.4, -0.2) is 22.5 Å². The van der Waals surface area contributed by atoms with Crippen molar-refractivity contribution < 1.29 is 18.7 Å². The fraction of sp³-hybridized carbons (Fsp3) is 0.167. The van der Waals surface area contributed by atoms with Crippen molar-refractivity contribution in [2.45, 2.75) is 0 Å². The number of anilines is 1. The molecule has 0 saturated carbocycles. The Kier molecular flexibility index (Phi) is 2.68. The average Bonchev–Trinajstić information content (AvgIpc) is 1.99. The highest BCUT2D eigenvalue weighted by molar-refractivity contribution is 5.69. The maximum atomic E-state index is 12.4. The van der Waals surface area contributed by atoms with E-state index in [4.69, 9.17) is 0 Å². The summed E-state index contributed by atoms with van der Waals surface area (Å²) in [4.78, 5) is 16.1. The number of hydrogen-bond acceptors (Lipinski definition) is 5. The van der Waals surface area contributed by atoms with Gasteiger partial charge >= 0.3 is 0 Å². The monoisotopic (exact) mass is 188 g/mol. The molecule has 1 aromatic heterocycles. The number of aliphatic carboxylic acids is 1. The summed E-state index contributed by atoms with van der Waals surface area (Å²) in [6.07, 6.45) is 0. The molecule has 1 rings (SSSR count). The molecule has 70 valence electrons. The zero-order chi connectivity index (χ0) is 9.84. The Morgan fingerprint density at radius 3 is 2.46 bits per heavy atom. The van der Waals surface area contributed by atoms with Crippen LogP contribution in [0.1, 0.15) is 0 Å². The molecule has 7 heteroatoms. The molecule has 0 radical (unpaired) electrons. The fourth-order valence-corrected chi connectivity index (χ4v) is 0.620. The SMILES string of the molecule is O=C([O-])CNc1nc(F)cc(F)n1. The second-order valence-corrected chi connectivity index (χ2v) is 2.06. The van der Waals surface area contributed by atoms with Gasteiger partial charge < -0.3 is 15.2 Å². The van der Waals surface area contributed by atoms with Gasteiger partial charge in [0.2, 0.25) is 17.8 Å². The minimum absolute atomic E-state index is 0.429. The predicted octanol–water partition coefficient (Wildman–Crippen LogP) is -1.08. The summed E-state index contributed by atoms with van der Waals surface area (Å²) in [6.45, 7) is -0.608. The highest BCUT2D eigenvalue weighted by Gasteiger charge is 2.02. The van der Waals surface area contributed by atoms with Crippen LogP contribution >= 0.6 is 0 Å². The molecule has 13 heavy (non-hydrogen) atoms. The first-order chi connectivity index (χ1) is 6.08. The fourth-order valence-electron chi connectivity index (χ4n) is 0.620. The third-order valence-electron chi connectivity index (χ3n) is 1.05. The third kappa shape index (κ3) is 2.97. The first-order valence-electron chi connectivity index (χ1n) is 3.22. The van der Waals surface area contributed by atoms with E-state index in [1.807, 2.05) is 0 Å². The number of carboxylic acid groups (broad SMARTS) is 1. The summed E-state index contributed by atoms with van der Waals surface area (Å²) in [5.41, 5.74) is 0. The molecule has 0 unspecified atom stereocenters. The number of carboxylic acids is 1. The van der Waals surface area contributed by atoms with E-state index >= 15 is 0 Å². The maximum absolute atomic E-state index is 12.4. The molecule has 0 saturated heterocycles. The average molecular weight is 188 g/mol. The van der Waals surface area contributed by atoms with Crippen LogP contribution in [0.25, 0.3) is 0 Å². The zero-order valence-corrected chi connectivity index (χ0v) is 6.25. The molecule has 0 fully saturated rings. The maximum Gasteiger partial charge on any atom is 0.228 e. The van der Waals surface area contributed by atoms with E-state index in [1.54, 1.807) is 0 Å². The van der Waals surface area contributed by atoms with E-state index in [9.17, 15) is 18.7 Å². The van der Waals surface area contributed by atoms with Crippen molar-refractivity contribution in [2.75, 3.05) is 11.9 Å². The Bertz CT molecular complexity index is 311. The second kappa shape index (κ2) is 3.74. The van der Waals surface area contributed by atoms with Crippen LogP contribution in [0.15, 0.2) is 6.07 Å². The van der Waals surface area contributed by atoms with Gasteiger partial charge in [-0.2, -0.15) is 18.7 Å². The van der Waals surface area contributed by atoms with Gasteiger partial charge in [0.05, 0.1) is 12.5 Å². The molecule has 0 aliphatic carbocycles. The summed E-state index contributed by atoms with van der Waals surface area (Å²) in [6, 6.07) is 0.476. The Morgan fingerprint density at radius 2 is 2.00 bits per heavy atom. The van der Waals surface area contributed by atoms with Gasteiger partial charge in [0.15, 0.2) is 0 Å². The summed E-state index contributed by atoms with van der Waals surface area (Å²) in [5.74, 6) is -4.00. The molecule has 5 nitrogen and oxygen atoms in total. The lowest BCUT2D eigenvalue weighted by atomic mass is 10.6. The van der Waals surface area contributed by atoms with Crippen LogP contribution < -0.4 is 10.4 Å².